The van der Waals surface area contributed by atoms with E-state index in [4.69, 9.17) is 13.3 Å². The van der Waals surface area contributed by atoms with Crippen molar-refractivity contribution in [2.45, 2.75) is 0 Å². The third kappa shape index (κ3) is 2.67. The summed E-state index contributed by atoms with van der Waals surface area (Å²) in [4.78, 5) is 33.8. The second kappa shape index (κ2) is 6.50. The molecule has 6 rings (SSSR count). The van der Waals surface area contributed by atoms with E-state index in [0.29, 0.717) is 32.6 Å². The molecule has 0 bridgehead atoms. The van der Waals surface area contributed by atoms with Crippen molar-refractivity contribution < 1.29 is 13.3 Å². The van der Waals surface area contributed by atoms with E-state index in [0.717, 1.165) is 0 Å². The van der Waals surface area contributed by atoms with Gasteiger partial charge in [-0.05, 0) is 24.3 Å². The van der Waals surface area contributed by atoms with E-state index in [2.05, 4.69) is 9.97 Å². The van der Waals surface area contributed by atoms with Crippen molar-refractivity contribution in [1.29, 1.82) is 0 Å². The first-order chi connectivity index (χ1) is 15.2. The van der Waals surface area contributed by atoms with Gasteiger partial charge in [0.15, 0.2) is 11.5 Å². The van der Waals surface area contributed by atoms with E-state index in [1.807, 2.05) is 24.3 Å². The Balaban J connectivity index is 1.65. The van der Waals surface area contributed by atoms with Gasteiger partial charge < -0.3 is 13.3 Å². The maximum absolute atomic E-state index is 12.5. The van der Waals surface area contributed by atoms with Crippen LogP contribution in [-0.4, -0.2) is 9.97 Å². The molecule has 0 fully saturated rings. The fraction of sp³-hybridized carbons (Fsp3) is 0. The standard InChI is InChI=1S/C24H12N2O5/c27-23-15-9-3-5-11-17(15)25-21(30-23)19-13-7-1-2-8-14(13)20(29-19)22-26-18-12-6-4-10-16(18)24(28)31-22/h1-12H. The minimum Gasteiger partial charge on any atom is -0.445 e. The van der Waals surface area contributed by atoms with Crippen molar-refractivity contribution in [3.63, 3.8) is 0 Å². The van der Waals surface area contributed by atoms with Gasteiger partial charge in [0, 0.05) is 10.8 Å². The van der Waals surface area contributed by atoms with Crippen molar-refractivity contribution in [1.82, 2.24) is 9.97 Å². The molecule has 0 aliphatic carbocycles. The van der Waals surface area contributed by atoms with Crippen molar-refractivity contribution in [2.75, 3.05) is 0 Å². The van der Waals surface area contributed by atoms with Crippen LogP contribution in [0.3, 0.4) is 0 Å². The summed E-state index contributed by atoms with van der Waals surface area (Å²) in [5, 5.41) is 2.07. The van der Waals surface area contributed by atoms with Gasteiger partial charge in [0.25, 0.3) is 11.8 Å². The fourth-order valence-corrected chi connectivity index (χ4v) is 3.64. The molecule has 148 valence electrons. The molecule has 31 heavy (non-hydrogen) atoms. The maximum atomic E-state index is 12.5. The van der Waals surface area contributed by atoms with Crippen LogP contribution >= 0.6 is 0 Å². The fourth-order valence-electron chi connectivity index (χ4n) is 3.64. The molecule has 0 saturated carbocycles. The Morgan fingerprint density at radius 3 is 1.32 bits per heavy atom. The van der Waals surface area contributed by atoms with Gasteiger partial charge in [-0.2, -0.15) is 0 Å². The van der Waals surface area contributed by atoms with Gasteiger partial charge in [-0.25, -0.2) is 19.6 Å². The lowest BCUT2D eigenvalue weighted by atomic mass is 10.1. The third-order valence-electron chi connectivity index (χ3n) is 5.08. The highest BCUT2D eigenvalue weighted by atomic mass is 16.4. The number of hydrogen-bond acceptors (Lipinski definition) is 7. The molecule has 0 radical (unpaired) electrons. The molecular formula is C24H12N2O5. The zero-order valence-corrected chi connectivity index (χ0v) is 15.9. The van der Waals surface area contributed by atoms with E-state index in [-0.39, 0.29) is 23.3 Å². The number of nitrogens with zero attached hydrogens (tertiary/aromatic N) is 2. The van der Waals surface area contributed by atoms with Crippen LogP contribution in [-0.2, 0) is 0 Å². The van der Waals surface area contributed by atoms with Crippen LogP contribution in [0.1, 0.15) is 0 Å². The first-order valence-electron chi connectivity index (χ1n) is 9.51. The van der Waals surface area contributed by atoms with Gasteiger partial charge in [0.1, 0.15) is 0 Å². The summed E-state index contributed by atoms with van der Waals surface area (Å²) in [6.45, 7) is 0. The molecular weight excluding hydrogens is 396 g/mol. The van der Waals surface area contributed by atoms with Crippen LogP contribution in [0.25, 0.3) is 55.9 Å². The summed E-state index contributed by atoms with van der Waals surface area (Å²) in [6.07, 6.45) is 0. The summed E-state index contributed by atoms with van der Waals surface area (Å²) < 4.78 is 17.0. The SMILES string of the molecule is O=c1oc(-c2oc(-c3nc4ccccc4c(=O)o3)c3ccccc23)nc2ccccc12. The van der Waals surface area contributed by atoms with Crippen LogP contribution < -0.4 is 11.3 Å². The molecule has 0 amide bonds. The zero-order valence-electron chi connectivity index (χ0n) is 15.9. The third-order valence-corrected chi connectivity index (χ3v) is 5.08. The van der Waals surface area contributed by atoms with Crippen LogP contribution in [0.15, 0.2) is 95.6 Å². The highest BCUT2D eigenvalue weighted by molar-refractivity contribution is 6.01. The number of para-hydroxylation sites is 2. The molecule has 3 heterocycles. The molecule has 0 spiro atoms. The van der Waals surface area contributed by atoms with E-state index in [1.54, 1.807) is 48.5 Å². The lowest BCUT2D eigenvalue weighted by Crippen LogP contribution is -2.02. The monoisotopic (exact) mass is 408 g/mol. The molecule has 6 aromatic rings. The van der Waals surface area contributed by atoms with E-state index in [9.17, 15) is 9.59 Å². The van der Waals surface area contributed by atoms with E-state index in [1.165, 1.54) is 0 Å². The first kappa shape index (κ1) is 17.3. The van der Waals surface area contributed by atoms with E-state index < -0.39 is 11.3 Å². The Labute approximate surface area is 173 Å². The second-order valence-corrected chi connectivity index (χ2v) is 6.95. The average molecular weight is 408 g/mol. The minimum atomic E-state index is -0.516. The number of fused-ring (bicyclic) bond motifs is 3. The predicted octanol–water partition coefficient (Wildman–Crippen LogP) is 4.77. The van der Waals surface area contributed by atoms with Crippen molar-refractivity contribution in [3.8, 4) is 23.3 Å². The smallest absolute Gasteiger partial charge is 0.347 e. The van der Waals surface area contributed by atoms with Gasteiger partial charge in [-0.15, -0.1) is 0 Å². The summed E-state index contributed by atoms with van der Waals surface area (Å²) in [6, 6.07) is 21.1. The first-order valence-corrected chi connectivity index (χ1v) is 9.51. The zero-order chi connectivity index (χ0) is 20.9. The van der Waals surface area contributed by atoms with Crippen LogP contribution in [0.4, 0.5) is 0 Å². The predicted molar refractivity (Wildman–Crippen MR) is 115 cm³/mol. The average Bonchev–Trinajstić information content (AvgIpc) is 3.19. The van der Waals surface area contributed by atoms with Crippen LogP contribution in [0.5, 0.6) is 0 Å². The highest BCUT2D eigenvalue weighted by Gasteiger charge is 2.22. The molecule has 0 aliphatic heterocycles. The number of benzene rings is 3. The van der Waals surface area contributed by atoms with Crippen molar-refractivity contribution in [3.05, 3.63) is 93.6 Å². The number of furan rings is 1. The van der Waals surface area contributed by atoms with Gasteiger partial charge in [-0.3, -0.25) is 0 Å². The maximum Gasteiger partial charge on any atom is 0.347 e. The Kier molecular flexibility index (Phi) is 3.64. The molecule has 0 aliphatic rings. The number of aromatic nitrogens is 2. The molecule has 3 aromatic carbocycles. The summed E-state index contributed by atoms with van der Waals surface area (Å²) in [5.74, 6) is 0.584. The van der Waals surface area contributed by atoms with Crippen molar-refractivity contribution >= 4 is 32.6 Å². The largest absolute Gasteiger partial charge is 0.445 e. The second-order valence-electron chi connectivity index (χ2n) is 6.95. The molecule has 0 N–H and O–H groups in total. The van der Waals surface area contributed by atoms with Gasteiger partial charge >= 0.3 is 11.3 Å². The van der Waals surface area contributed by atoms with Crippen LogP contribution in [0.2, 0.25) is 0 Å². The lowest BCUT2D eigenvalue weighted by molar-refractivity contribution is 0.467. The number of hydrogen-bond donors (Lipinski definition) is 0. The quantitative estimate of drug-likeness (QED) is 0.407. The number of rotatable bonds is 2. The molecule has 7 heteroatoms. The lowest BCUT2D eigenvalue weighted by Gasteiger charge is -2.00. The van der Waals surface area contributed by atoms with Gasteiger partial charge in [0.2, 0.25) is 0 Å². The molecule has 0 atom stereocenters. The van der Waals surface area contributed by atoms with Gasteiger partial charge in [-0.1, -0.05) is 48.5 Å². The Morgan fingerprint density at radius 2 is 0.871 bits per heavy atom. The molecule has 0 unspecified atom stereocenters. The molecule has 0 saturated heterocycles. The summed E-state index contributed by atoms with van der Waals surface area (Å²) in [7, 11) is 0. The van der Waals surface area contributed by atoms with E-state index >= 15 is 0 Å². The minimum absolute atomic E-state index is 0.0364. The molecule has 3 aromatic heterocycles. The highest BCUT2D eigenvalue weighted by Crippen LogP contribution is 2.37. The Bertz CT molecular complexity index is 1620. The van der Waals surface area contributed by atoms with Crippen molar-refractivity contribution in [2.24, 2.45) is 0 Å². The Hall–Kier alpha value is -4.52. The normalized spacial score (nSPS) is 11.5. The topological polar surface area (TPSA) is 99.3 Å². The van der Waals surface area contributed by atoms with Crippen LogP contribution in [0, 0.1) is 0 Å². The summed E-state index contributed by atoms with van der Waals surface area (Å²) in [5.41, 5.74) is -0.0479. The summed E-state index contributed by atoms with van der Waals surface area (Å²) >= 11 is 0. The molecule has 7 nitrogen and oxygen atoms in total. The van der Waals surface area contributed by atoms with Gasteiger partial charge in [0.05, 0.1) is 21.8 Å². The Morgan fingerprint density at radius 1 is 0.484 bits per heavy atom.